The minimum atomic E-state index is -0.554. The van der Waals surface area contributed by atoms with Crippen LogP contribution in [0.1, 0.15) is 12.8 Å². The first-order chi connectivity index (χ1) is 5.79. The van der Waals surface area contributed by atoms with Gasteiger partial charge in [-0.25, -0.2) is 4.79 Å². The zero-order chi connectivity index (χ0) is 8.97. The Morgan fingerprint density at radius 3 is 2.92 bits per heavy atom. The summed E-state index contributed by atoms with van der Waals surface area (Å²) in [5.41, 5.74) is 0.819. The van der Waals surface area contributed by atoms with Gasteiger partial charge in [-0.05, 0) is 12.8 Å². The van der Waals surface area contributed by atoms with Crippen LogP contribution in [0.15, 0.2) is 11.3 Å². The molecule has 0 spiro atoms. The lowest BCUT2D eigenvalue weighted by Crippen LogP contribution is -2.12. The van der Waals surface area contributed by atoms with E-state index in [0.717, 1.165) is 19.4 Å². The highest BCUT2D eigenvalue weighted by atomic mass is 16.5. The number of nitrogens with zero attached hydrogens (tertiary/aromatic N) is 1. The van der Waals surface area contributed by atoms with E-state index < -0.39 is 5.97 Å². The van der Waals surface area contributed by atoms with Crippen LogP contribution in [0.5, 0.6) is 0 Å². The van der Waals surface area contributed by atoms with E-state index >= 15 is 0 Å². The number of hydrogen-bond donors (Lipinski definition) is 1. The van der Waals surface area contributed by atoms with Gasteiger partial charge in [0.25, 0.3) is 0 Å². The van der Waals surface area contributed by atoms with E-state index in [4.69, 9.17) is 5.26 Å². The molecule has 0 unspecified atom stereocenters. The summed E-state index contributed by atoms with van der Waals surface area (Å²) >= 11 is 0. The normalized spacial score (nSPS) is 19.3. The van der Waals surface area contributed by atoms with Crippen LogP contribution in [0.3, 0.4) is 0 Å². The van der Waals surface area contributed by atoms with Crippen molar-refractivity contribution in [2.75, 3.05) is 13.7 Å². The van der Waals surface area contributed by atoms with E-state index in [2.05, 4.69) is 10.1 Å². The topological polar surface area (TPSA) is 62.1 Å². The van der Waals surface area contributed by atoms with Gasteiger partial charge in [0.1, 0.15) is 6.07 Å². The van der Waals surface area contributed by atoms with Crippen LogP contribution in [0.4, 0.5) is 0 Å². The van der Waals surface area contributed by atoms with E-state index in [9.17, 15) is 4.79 Å². The Hall–Kier alpha value is -1.50. The van der Waals surface area contributed by atoms with Gasteiger partial charge in [-0.3, -0.25) is 0 Å². The van der Waals surface area contributed by atoms with Crippen LogP contribution >= 0.6 is 0 Å². The SMILES string of the molecule is COC(=O)/C(C#N)=C1/CCCN1. The molecule has 0 aromatic rings. The lowest BCUT2D eigenvalue weighted by atomic mass is 10.2. The number of rotatable bonds is 1. The fraction of sp³-hybridized carbons (Fsp3) is 0.500. The number of hydrogen-bond acceptors (Lipinski definition) is 4. The van der Waals surface area contributed by atoms with Crippen molar-refractivity contribution in [1.82, 2.24) is 5.32 Å². The lowest BCUT2D eigenvalue weighted by Gasteiger charge is -2.01. The summed E-state index contributed by atoms with van der Waals surface area (Å²) in [4.78, 5) is 11.0. The van der Waals surface area contributed by atoms with Crippen molar-refractivity contribution in [1.29, 1.82) is 5.26 Å². The number of carbonyl (C=O) groups excluding carboxylic acids is 1. The number of ether oxygens (including phenoxy) is 1. The molecule has 1 rings (SSSR count). The fourth-order valence-electron chi connectivity index (χ4n) is 1.14. The van der Waals surface area contributed by atoms with Gasteiger partial charge in [0, 0.05) is 12.2 Å². The average Bonchev–Trinajstić information content (AvgIpc) is 2.58. The predicted octanol–water partition coefficient (Wildman–Crippen LogP) is 0.320. The Labute approximate surface area is 70.8 Å². The van der Waals surface area contributed by atoms with Crippen LogP contribution < -0.4 is 5.32 Å². The molecule has 64 valence electrons. The summed E-state index contributed by atoms with van der Waals surface area (Å²) in [5.74, 6) is -0.554. The molecule has 1 aliphatic heterocycles. The Bertz CT molecular complexity index is 255. The third-order valence-electron chi connectivity index (χ3n) is 1.75. The van der Waals surface area contributed by atoms with Crippen molar-refractivity contribution in [2.24, 2.45) is 0 Å². The molecule has 0 aliphatic carbocycles. The van der Waals surface area contributed by atoms with Crippen molar-refractivity contribution in [3.05, 3.63) is 11.3 Å². The Morgan fingerprint density at radius 1 is 1.75 bits per heavy atom. The van der Waals surface area contributed by atoms with E-state index in [0.29, 0.717) is 5.70 Å². The van der Waals surface area contributed by atoms with Crippen LogP contribution in [-0.2, 0) is 9.53 Å². The zero-order valence-electron chi connectivity index (χ0n) is 6.89. The second-order valence-electron chi connectivity index (χ2n) is 2.49. The van der Waals surface area contributed by atoms with E-state index in [1.165, 1.54) is 7.11 Å². The maximum atomic E-state index is 11.0. The van der Waals surface area contributed by atoms with Gasteiger partial charge in [-0.2, -0.15) is 5.26 Å². The largest absolute Gasteiger partial charge is 0.465 e. The third-order valence-corrected chi connectivity index (χ3v) is 1.75. The number of methoxy groups -OCH3 is 1. The van der Waals surface area contributed by atoms with Crippen LogP contribution in [-0.4, -0.2) is 19.6 Å². The molecule has 0 amide bonds. The molecule has 1 fully saturated rings. The first-order valence-electron chi connectivity index (χ1n) is 3.75. The molecular weight excluding hydrogens is 156 g/mol. The second-order valence-corrected chi connectivity index (χ2v) is 2.49. The molecule has 0 radical (unpaired) electrons. The standard InChI is InChI=1S/C8H10N2O2/c1-12-8(11)6(5-9)7-3-2-4-10-7/h10H,2-4H2,1H3/b7-6-. The van der Waals surface area contributed by atoms with Crippen LogP contribution in [0.25, 0.3) is 0 Å². The molecule has 1 aliphatic rings. The maximum Gasteiger partial charge on any atom is 0.350 e. The summed E-state index contributed by atoms with van der Waals surface area (Å²) in [7, 11) is 1.27. The Balaban J connectivity index is 2.86. The molecule has 1 saturated heterocycles. The lowest BCUT2D eigenvalue weighted by molar-refractivity contribution is -0.135. The van der Waals surface area contributed by atoms with E-state index in [1.807, 2.05) is 6.07 Å². The molecule has 0 atom stereocenters. The summed E-state index contributed by atoms with van der Waals surface area (Å²) in [6, 6.07) is 1.84. The fourth-order valence-corrected chi connectivity index (χ4v) is 1.14. The summed E-state index contributed by atoms with van der Waals surface area (Å²) < 4.78 is 4.46. The molecule has 4 nitrogen and oxygen atoms in total. The molecule has 0 bridgehead atoms. The maximum absolute atomic E-state index is 11.0. The number of esters is 1. The molecular formula is C8H10N2O2. The molecule has 0 aromatic carbocycles. The average molecular weight is 166 g/mol. The monoisotopic (exact) mass is 166 g/mol. The minimum Gasteiger partial charge on any atom is -0.465 e. The van der Waals surface area contributed by atoms with Crippen LogP contribution in [0.2, 0.25) is 0 Å². The molecule has 0 aromatic heterocycles. The summed E-state index contributed by atoms with van der Waals surface area (Å²) in [6.45, 7) is 0.831. The Morgan fingerprint density at radius 2 is 2.50 bits per heavy atom. The van der Waals surface area contributed by atoms with Gasteiger partial charge in [0.05, 0.1) is 7.11 Å². The molecule has 12 heavy (non-hydrogen) atoms. The van der Waals surface area contributed by atoms with Crippen molar-refractivity contribution >= 4 is 5.97 Å². The van der Waals surface area contributed by atoms with Gasteiger partial charge >= 0.3 is 5.97 Å². The van der Waals surface area contributed by atoms with Crippen LogP contribution in [0, 0.1) is 11.3 Å². The van der Waals surface area contributed by atoms with Crippen molar-refractivity contribution in [2.45, 2.75) is 12.8 Å². The highest BCUT2D eigenvalue weighted by Crippen LogP contribution is 2.14. The summed E-state index contributed by atoms with van der Waals surface area (Å²) in [5, 5.41) is 11.6. The number of nitriles is 1. The van der Waals surface area contributed by atoms with Gasteiger partial charge < -0.3 is 10.1 Å². The minimum absolute atomic E-state index is 0.106. The first-order valence-corrected chi connectivity index (χ1v) is 3.75. The quantitative estimate of drug-likeness (QED) is 0.346. The third kappa shape index (κ3) is 1.56. The smallest absolute Gasteiger partial charge is 0.350 e. The Kier molecular flexibility index (Phi) is 2.70. The number of nitrogens with one attached hydrogen (secondary N) is 1. The number of allylic oxidation sites excluding steroid dienone is 1. The van der Waals surface area contributed by atoms with Gasteiger partial charge in [0.2, 0.25) is 0 Å². The van der Waals surface area contributed by atoms with Gasteiger partial charge in [-0.1, -0.05) is 0 Å². The molecule has 1 N–H and O–H groups in total. The highest BCUT2D eigenvalue weighted by molar-refractivity contribution is 5.93. The first kappa shape index (κ1) is 8.60. The van der Waals surface area contributed by atoms with Gasteiger partial charge in [-0.15, -0.1) is 0 Å². The van der Waals surface area contributed by atoms with Crippen molar-refractivity contribution in [3.63, 3.8) is 0 Å². The van der Waals surface area contributed by atoms with E-state index in [1.54, 1.807) is 0 Å². The molecule has 4 heteroatoms. The molecule has 1 heterocycles. The molecule has 0 saturated carbocycles. The second kappa shape index (κ2) is 3.77. The number of carbonyl (C=O) groups is 1. The van der Waals surface area contributed by atoms with Crippen molar-refractivity contribution in [3.8, 4) is 6.07 Å². The highest BCUT2D eigenvalue weighted by Gasteiger charge is 2.18. The van der Waals surface area contributed by atoms with Gasteiger partial charge in [0.15, 0.2) is 5.57 Å². The van der Waals surface area contributed by atoms with Crippen molar-refractivity contribution < 1.29 is 9.53 Å². The summed E-state index contributed by atoms with van der Waals surface area (Å²) in [6.07, 6.45) is 1.73. The van der Waals surface area contributed by atoms with E-state index in [-0.39, 0.29) is 5.57 Å². The predicted molar refractivity (Wildman–Crippen MR) is 41.9 cm³/mol. The zero-order valence-corrected chi connectivity index (χ0v) is 6.89.